The number of hydrogen-bond acceptors (Lipinski definition) is 1. The minimum atomic E-state index is -0.790. The first kappa shape index (κ1) is 14.2. The molecule has 2 aromatic rings. The van der Waals surface area contributed by atoms with Crippen molar-refractivity contribution >= 4 is 0 Å². The van der Waals surface area contributed by atoms with Gasteiger partial charge in [-0.05, 0) is 48.9 Å². The Morgan fingerprint density at radius 3 is 2.57 bits per heavy atom. The van der Waals surface area contributed by atoms with E-state index in [-0.39, 0.29) is 0 Å². The maximum Gasteiger partial charge on any atom is 0.159 e. The minimum absolute atomic E-state index is 0.462. The molecule has 0 spiro atoms. The second kappa shape index (κ2) is 5.94. The van der Waals surface area contributed by atoms with Crippen LogP contribution in [0.4, 0.5) is 8.78 Å². The summed E-state index contributed by atoms with van der Waals surface area (Å²) in [4.78, 5) is 0. The van der Waals surface area contributed by atoms with E-state index in [9.17, 15) is 8.78 Å². The monoisotopic (exact) mass is 287 g/mol. The molecular formula is C18H19F2N. The van der Waals surface area contributed by atoms with Crippen LogP contribution in [0.3, 0.4) is 0 Å². The van der Waals surface area contributed by atoms with Gasteiger partial charge in [0.2, 0.25) is 0 Å². The topological polar surface area (TPSA) is 12.0 Å². The van der Waals surface area contributed by atoms with Crippen LogP contribution in [0, 0.1) is 18.6 Å². The summed E-state index contributed by atoms with van der Waals surface area (Å²) >= 11 is 0. The van der Waals surface area contributed by atoms with Crippen LogP contribution in [-0.2, 0) is 6.54 Å². The zero-order chi connectivity index (χ0) is 14.8. The summed E-state index contributed by atoms with van der Waals surface area (Å²) in [5, 5.41) is 3.41. The van der Waals surface area contributed by atoms with Crippen molar-refractivity contribution < 1.29 is 8.78 Å². The third-order valence-electron chi connectivity index (χ3n) is 4.23. The second-order valence-corrected chi connectivity index (χ2v) is 5.91. The molecular weight excluding hydrogens is 268 g/mol. The lowest BCUT2D eigenvalue weighted by Gasteiger charge is -2.36. The van der Waals surface area contributed by atoms with Crippen molar-refractivity contribution in [3.05, 3.63) is 70.8 Å². The highest BCUT2D eigenvalue weighted by Crippen LogP contribution is 2.37. The van der Waals surface area contributed by atoms with Crippen LogP contribution >= 0.6 is 0 Å². The SMILES string of the molecule is Cc1cccc(C2CC(NCc3ccc(F)c(F)c3)C2)c1. The molecule has 1 nitrogen and oxygen atoms in total. The molecule has 0 radical (unpaired) electrons. The summed E-state index contributed by atoms with van der Waals surface area (Å²) in [6.07, 6.45) is 2.21. The molecule has 0 saturated heterocycles. The zero-order valence-electron chi connectivity index (χ0n) is 12.1. The van der Waals surface area contributed by atoms with E-state index in [1.807, 2.05) is 0 Å². The number of hydrogen-bond donors (Lipinski definition) is 1. The molecule has 2 aromatic carbocycles. The molecule has 1 fully saturated rings. The van der Waals surface area contributed by atoms with Gasteiger partial charge in [0.15, 0.2) is 11.6 Å². The lowest BCUT2D eigenvalue weighted by Crippen LogP contribution is -2.39. The normalized spacial score (nSPS) is 21.1. The van der Waals surface area contributed by atoms with Gasteiger partial charge in [-0.1, -0.05) is 35.9 Å². The van der Waals surface area contributed by atoms with Crippen molar-refractivity contribution in [1.29, 1.82) is 0 Å². The smallest absolute Gasteiger partial charge is 0.159 e. The Hall–Kier alpha value is -1.74. The molecule has 3 heteroatoms. The van der Waals surface area contributed by atoms with E-state index in [4.69, 9.17) is 0 Å². The van der Waals surface area contributed by atoms with Crippen molar-refractivity contribution in [2.75, 3.05) is 0 Å². The second-order valence-electron chi connectivity index (χ2n) is 5.91. The van der Waals surface area contributed by atoms with Crippen LogP contribution in [0.5, 0.6) is 0 Å². The van der Waals surface area contributed by atoms with E-state index in [2.05, 4.69) is 36.5 Å². The lowest BCUT2D eigenvalue weighted by molar-refractivity contribution is 0.289. The average molecular weight is 287 g/mol. The molecule has 0 amide bonds. The lowest BCUT2D eigenvalue weighted by atomic mass is 9.75. The van der Waals surface area contributed by atoms with Crippen LogP contribution < -0.4 is 5.32 Å². The van der Waals surface area contributed by atoms with Crippen molar-refractivity contribution in [3.63, 3.8) is 0 Å². The standard InChI is InChI=1S/C18H19F2N/c1-12-3-2-4-14(7-12)15-9-16(10-15)21-11-13-5-6-17(19)18(20)8-13/h2-8,15-16,21H,9-11H2,1H3. The number of halogens is 2. The first-order valence-corrected chi connectivity index (χ1v) is 7.35. The maximum absolute atomic E-state index is 13.1. The summed E-state index contributed by atoms with van der Waals surface area (Å²) in [5.41, 5.74) is 3.49. The summed E-state index contributed by atoms with van der Waals surface area (Å²) in [6, 6.07) is 13.2. The molecule has 0 aromatic heterocycles. The maximum atomic E-state index is 13.1. The highest BCUT2D eigenvalue weighted by molar-refractivity contribution is 5.28. The summed E-state index contributed by atoms with van der Waals surface area (Å²) in [7, 11) is 0. The molecule has 0 aliphatic heterocycles. The predicted molar refractivity (Wildman–Crippen MR) is 80.1 cm³/mol. The Bertz CT molecular complexity index is 633. The summed E-state index contributed by atoms with van der Waals surface area (Å²) < 4.78 is 26.0. The van der Waals surface area contributed by atoms with Gasteiger partial charge in [0.25, 0.3) is 0 Å². The van der Waals surface area contributed by atoms with Gasteiger partial charge < -0.3 is 5.32 Å². The van der Waals surface area contributed by atoms with Crippen LogP contribution in [0.1, 0.15) is 35.4 Å². The van der Waals surface area contributed by atoms with Crippen molar-refractivity contribution in [1.82, 2.24) is 5.32 Å². The third-order valence-corrected chi connectivity index (χ3v) is 4.23. The fourth-order valence-electron chi connectivity index (χ4n) is 2.89. The number of benzene rings is 2. The van der Waals surface area contributed by atoms with Crippen LogP contribution in [0.15, 0.2) is 42.5 Å². The van der Waals surface area contributed by atoms with Crippen LogP contribution in [0.2, 0.25) is 0 Å². The van der Waals surface area contributed by atoms with Gasteiger partial charge in [-0.25, -0.2) is 8.78 Å². The van der Waals surface area contributed by atoms with Gasteiger partial charge >= 0.3 is 0 Å². The first-order valence-electron chi connectivity index (χ1n) is 7.35. The Labute approximate surface area is 124 Å². The Morgan fingerprint density at radius 2 is 1.86 bits per heavy atom. The van der Waals surface area contributed by atoms with E-state index in [1.54, 1.807) is 6.07 Å². The fraction of sp³-hybridized carbons (Fsp3) is 0.333. The molecule has 3 rings (SSSR count). The molecule has 0 heterocycles. The van der Waals surface area contributed by atoms with Gasteiger partial charge in [0.1, 0.15) is 0 Å². The molecule has 0 unspecified atom stereocenters. The van der Waals surface area contributed by atoms with Gasteiger partial charge in [-0.3, -0.25) is 0 Å². The Morgan fingerprint density at radius 1 is 1.05 bits per heavy atom. The van der Waals surface area contributed by atoms with Gasteiger partial charge in [-0.2, -0.15) is 0 Å². The van der Waals surface area contributed by atoms with Crippen molar-refractivity contribution in [3.8, 4) is 0 Å². The summed E-state index contributed by atoms with van der Waals surface area (Å²) in [6.45, 7) is 2.70. The van der Waals surface area contributed by atoms with Gasteiger partial charge in [-0.15, -0.1) is 0 Å². The van der Waals surface area contributed by atoms with Crippen molar-refractivity contribution in [2.24, 2.45) is 0 Å². The van der Waals surface area contributed by atoms with E-state index in [0.29, 0.717) is 18.5 Å². The highest BCUT2D eigenvalue weighted by atomic mass is 19.2. The minimum Gasteiger partial charge on any atom is -0.310 e. The molecule has 0 bridgehead atoms. The average Bonchev–Trinajstić information content (AvgIpc) is 2.41. The Balaban J connectivity index is 1.50. The van der Waals surface area contributed by atoms with E-state index < -0.39 is 11.6 Å². The molecule has 1 aliphatic rings. The van der Waals surface area contributed by atoms with E-state index in [1.165, 1.54) is 23.3 Å². The number of nitrogens with one attached hydrogen (secondary N) is 1. The van der Waals surface area contributed by atoms with Crippen LogP contribution in [-0.4, -0.2) is 6.04 Å². The molecule has 0 atom stereocenters. The van der Waals surface area contributed by atoms with E-state index >= 15 is 0 Å². The molecule has 1 N–H and O–H groups in total. The van der Waals surface area contributed by atoms with Gasteiger partial charge in [0.05, 0.1) is 0 Å². The summed E-state index contributed by atoms with van der Waals surface area (Å²) in [5.74, 6) is -0.949. The molecule has 1 saturated carbocycles. The highest BCUT2D eigenvalue weighted by Gasteiger charge is 2.29. The van der Waals surface area contributed by atoms with E-state index in [0.717, 1.165) is 18.4 Å². The molecule has 1 aliphatic carbocycles. The quantitative estimate of drug-likeness (QED) is 0.883. The predicted octanol–water partition coefficient (Wildman–Crippen LogP) is 4.31. The van der Waals surface area contributed by atoms with Gasteiger partial charge in [0, 0.05) is 12.6 Å². The Kier molecular flexibility index (Phi) is 4.02. The van der Waals surface area contributed by atoms with Crippen molar-refractivity contribution in [2.45, 2.75) is 38.3 Å². The molecule has 21 heavy (non-hydrogen) atoms. The fourth-order valence-corrected chi connectivity index (χ4v) is 2.89. The third kappa shape index (κ3) is 3.30. The number of rotatable bonds is 4. The first-order chi connectivity index (χ1) is 10.1. The van der Waals surface area contributed by atoms with Crippen LogP contribution in [0.25, 0.3) is 0 Å². The number of aryl methyl sites for hydroxylation is 1. The zero-order valence-corrected chi connectivity index (χ0v) is 12.1. The largest absolute Gasteiger partial charge is 0.310 e. The molecule has 110 valence electrons.